The van der Waals surface area contributed by atoms with E-state index < -0.39 is 0 Å². The monoisotopic (exact) mass is 199 g/mol. The van der Waals surface area contributed by atoms with E-state index >= 15 is 0 Å². The number of aromatic nitrogens is 1. The van der Waals surface area contributed by atoms with Crippen LogP contribution >= 0.6 is 0 Å². The van der Waals surface area contributed by atoms with E-state index in [4.69, 9.17) is 0 Å². The van der Waals surface area contributed by atoms with Crippen LogP contribution in [-0.2, 0) is 6.42 Å². The molecule has 0 radical (unpaired) electrons. The molecule has 0 saturated heterocycles. The van der Waals surface area contributed by atoms with Gasteiger partial charge in [0.1, 0.15) is 0 Å². The summed E-state index contributed by atoms with van der Waals surface area (Å²) in [6.07, 6.45) is 11.7. The van der Waals surface area contributed by atoms with Crippen molar-refractivity contribution in [3.63, 3.8) is 0 Å². The first-order valence-electron chi connectivity index (χ1n) is 5.43. The van der Waals surface area contributed by atoms with Gasteiger partial charge in [-0.3, -0.25) is 0 Å². The number of fused-ring (bicyclic) bond motifs is 1. The molecule has 0 saturated carbocycles. The molecule has 15 heavy (non-hydrogen) atoms. The summed E-state index contributed by atoms with van der Waals surface area (Å²) >= 11 is 0. The van der Waals surface area contributed by atoms with Gasteiger partial charge in [0.25, 0.3) is 0 Å². The van der Waals surface area contributed by atoms with Crippen molar-refractivity contribution in [3.05, 3.63) is 40.1 Å². The van der Waals surface area contributed by atoms with Crippen LogP contribution in [0.4, 0.5) is 0 Å². The number of H-pyrrole nitrogens is 1. The largest absolute Gasteiger partial charge is 0.355 e. The van der Waals surface area contributed by atoms with Crippen LogP contribution in [-0.4, -0.2) is 4.98 Å². The minimum atomic E-state index is 0.628. The highest BCUT2D eigenvalue weighted by Gasteiger charge is 2.12. The number of rotatable bonds is 1. The zero-order valence-electron chi connectivity index (χ0n) is 9.38. The second-order valence-corrected chi connectivity index (χ2v) is 4.14. The SMILES string of the molecule is C=c1c2c([nH]/c1=C/C=C\C)C=CC(C)C2. The van der Waals surface area contributed by atoms with E-state index in [1.165, 1.54) is 11.3 Å². The lowest BCUT2D eigenvalue weighted by Crippen LogP contribution is -2.23. The Morgan fingerprint density at radius 3 is 3.07 bits per heavy atom. The molecular formula is C14H17N. The van der Waals surface area contributed by atoms with E-state index in [0.717, 1.165) is 17.0 Å². The Morgan fingerprint density at radius 2 is 2.33 bits per heavy atom. The van der Waals surface area contributed by atoms with Gasteiger partial charge in [0.2, 0.25) is 0 Å². The van der Waals surface area contributed by atoms with E-state index in [2.05, 4.69) is 36.7 Å². The van der Waals surface area contributed by atoms with Gasteiger partial charge in [0.15, 0.2) is 0 Å². The fraction of sp³-hybridized carbons (Fsp3) is 0.286. The van der Waals surface area contributed by atoms with Crippen LogP contribution in [0, 0.1) is 5.92 Å². The third-order valence-corrected chi connectivity index (χ3v) is 2.86. The second-order valence-electron chi connectivity index (χ2n) is 4.14. The zero-order chi connectivity index (χ0) is 10.8. The molecule has 0 aromatic carbocycles. The molecule has 0 fully saturated rings. The standard InChI is InChI=1S/C14H17N/c1-4-5-6-13-11(3)12-9-10(2)7-8-14(12)15-13/h4-8,10,15H,3,9H2,1-2H3/b5-4-,13-6+. The predicted molar refractivity (Wildman–Crippen MR) is 66.7 cm³/mol. The maximum Gasteiger partial charge on any atom is 0.0455 e. The molecule has 0 aliphatic heterocycles. The molecule has 1 aliphatic carbocycles. The minimum absolute atomic E-state index is 0.628. The van der Waals surface area contributed by atoms with Crippen molar-refractivity contribution in [1.29, 1.82) is 0 Å². The third-order valence-electron chi connectivity index (χ3n) is 2.86. The summed E-state index contributed by atoms with van der Waals surface area (Å²) in [5.74, 6) is 0.628. The van der Waals surface area contributed by atoms with Crippen LogP contribution in [0.1, 0.15) is 25.1 Å². The fourth-order valence-electron chi connectivity index (χ4n) is 1.98. The average molecular weight is 199 g/mol. The van der Waals surface area contributed by atoms with Crippen LogP contribution in [0.5, 0.6) is 0 Å². The maximum atomic E-state index is 4.15. The van der Waals surface area contributed by atoms with E-state index in [1.54, 1.807) is 0 Å². The number of hydrogen-bond donors (Lipinski definition) is 1. The number of aromatic amines is 1. The van der Waals surface area contributed by atoms with E-state index in [-0.39, 0.29) is 0 Å². The van der Waals surface area contributed by atoms with Crippen molar-refractivity contribution in [2.24, 2.45) is 5.92 Å². The van der Waals surface area contributed by atoms with Crippen LogP contribution in [0.25, 0.3) is 18.7 Å². The summed E-state index contributed by atoms with van der Waals surface area (Å²) in [5.41, 5.74) is 2.61. The molecule has 1 aromatic rings. The molecule has 1 heteroatoms. The Balaban J connectivity index is 2.57. The molecule has 1 N–H and O–H groups in total. The van der Waals surface area contributed by atoms with E-state index in [9.17, 15) is 0 Å². The van der Waals surface area contributed by atoms with Crippen molar-refractivity contribution >= 4 is 18.7 Å². The van der Waals surface area contributed by atoms with Crippen molar-refractivity contribution in [1.82, 2.24) is 4.98 Å². The summed E-state index contributed by atoms with van der Waals surface area (Å²) in [7, 11) is 0. The van der Waals surface area contributed by atoms with Crippen LogP contribution in [0.15, 0.2) is 18.2 Å². The van der Waals surface area contributed by atoms with Crippen molar-refractivity contribution in [2.75, 3.05) is 0 Å². The molecular weight excluding hydrogens is 182 g/mol. The van der Waals surface area contributed by atoms with Gasteiger partial charge >= 0.3 is 0 Å². The average Bonchev–Trinajstić information content (AvgIpc) is 2.53. The maximum absolute atomic E-state index is 4.15. The van der Waals surface area contributed by atoms with Gasteiger partial charge in [0.05, 0.1) is 0 Å². The lowest BCUT2D eigenvalue weighted by Gasteiger charge is -2.10. The summed E-state index contributed by atoms with van der Waals surface area (Å²) in [5, 5.41) is 2.29. The number of hydrogen-bond acceptors (Lipinski definition) is 0. The van der Waals surface area contributed by atoms with Crippen LogP contribution in [0.3, 0.4) is 0 Å². The van der Waals surface area contributed by atoms with E-state index in [0.29, 0.717) is 5.92 Å². The molecule has 0 spiro atoms. The fourth-order valence-corrected chi connectivity index (χ4v) is 1.98. The smallest absolute Gasteiger partial charge is 0.0455 e. The van der Waals surface area contributed by atoms with Crippen molar-refractivity contribution in [3.8, 4) is 0 Å². The first-order valence-corrected chi connectivity index (χ1v) is 5.43. The summed E-state index contributed by atoms with van der Waals surface area (Å²) < 4.78 is 0. The second kappa shape index (κ2) is 3.93. The molecule has 78 valence electrons. The normalized spacial score (nSPS) is 21.2. The molecule has 1 nitrogen and oxygen atoms in total. The van der Waals surface area contributed by atoms with Crippen LogP contribution < -0.4 is 10.6 Å². The van der Waals surface area contributed by atoms with Crippen LogP contribution in [0.2, 0.25) is 0 Å². The highest BCUT2D eigenvalue weighted by Crippen LogP contribution is 2.16. The molecule has 1 heterocycles. The van der Waals surface area contributed by atoms with Gasteiger partial charge in [0, 0.05) is 11.0 Å². The summed E-state index contributed by atoms with van der Waals surface area (Å²) in [6.45, 7) is 8.41. The van der Waals surface area contributed by atoms with Gasteiger partial charge in [-0.15, -0.1) is 0 Å². The molecule has 0 bridgehead atoms. The van der Waals surface area contributed by atoms with Gasteiger partial charge in [-0.2, -0.15) is 0 Å². The van der Waals surface area contributed by atoms with E-state index in [1.807, 2.05) is 19.1 Å². The van der Waals surface area contributed by atoms with Gasteiger partial charge < -0.3 is 4.98 Å². The van der Waals surface area contributed by atoms with Gasteiger partial charge in [-0.05, 0) is 42.2 Å². The molecule has 1 atom stereocenters. The molecule has 0 amide bonds. The summed E-state index contributed by atoms with van der Waals surface area (Å²) in [6, 6.07) is 0. The lowest BCUT2D eigenvalue weighted by molar-refractivity contribution is 0.715. The Kier molecular flexibility index (Phi) is 2.63. The first-order chi connectivity index (χ1) is 7.22. The molecule has 1 unspecified atom stereocenters. The Morgan fingerprint density at radius 1 is 1.53 bits per heavy atom. The first kappa shape index (κ1) is 10.0. The van der Waals surface area contributed by atoms with Gasteiger partial charge in [-0.25, -0.2) is 0 Å². The quantitative estimate of drug-likeness (QED) is 0.712. The Hall–Kier alpha value is -1.50. The zero-order valence-corrected chi connectivity index (χ0v) is 9.38. The highest BCUT2D eigenvalue weighted by molar-refractivity contribution is 5.55. The molecule has 1 aromatic heterocycles. The Labute approximate surface area is 90.5 Å². The number of nitrogens with one attached hydrogen (secondary N) is 1. The number of allylic oxidation sites excluding steroid dienone is 3. The summed E-state index contributed by atoms with van der Waals surface area (Å²) in [4.78, 5) is 3.40. The van der Waals surface area contributed by atoms with Gasteiger partial charge in [-0.1, -0.05) is 31.7 Å². The topological polar surface area (TPSA) is 15.8 Å². The third kappa shape index (κ3) is 1.82. The van der Waals surface area contributed by atoms with Crippen molar-refractivity contribution < 1.29 is 0 Å². The molecule has 2 rings (SSSR count). The predicted octanol–water partition coefficient (Wildman–Crippen LogP) is 1.99. The lowest BCUT2D eigenvalue weighted by atomic mass is 9.95. The Bertz CT molecular complexity index is 514. The highest BCUT2D eigenvalue weighted by atomic mass is 14.7. The van der Waals surface area contributed by atoms with Crippen molar-refractivity contribution in [2.45, 2.75) is 20.3 Å². The molecule has 1 aliphatic rings. The minimum Gasteiger partial charge on any atom is -0.355 e.